The van der Waals surface area contributed by atoms with Crippen molar-refractivity contribution in [3.8, 4) is 0 Å². The first kappa shape index (κ1) is 14.2. The van der Waals surface area contributed by atoms with Gasteiger partial charge in [0.15, 0.2) is 0 Å². The highest BCUT2D eigenvalue weighted by Crippen LogP contribution is 2.43. The molecular weight excluding hydrogens is 316 g/mol. The minimum atomic E-state index is -0.289. The Kier molecular flexibility index (Phi) is 3.09. The molecular formula is C19H16N4O2. The molecule has 6 heteroatoms. The largest absolute Gasteiger partial charge is 0.469 e. The topological polar surface area (TPSA) is 73.0 Å². The van der Waals surface area contributed by atoms with Gasteiger partial charge in [0.05, 0.1) is 18.2 Å². The van der Waals surface area contributed by atoms with Gasteiger partial charge in [-0.3, -0.25) is 4.79 Å². The molecule has 124 valence electrons. The molecule has 5 rings (SSSR count). The number of aromatic nitrogens is 3. The summed E-state index contributed by atoms with van der Waals surface area (Å²) in [5.74, 6) is 1.31. The Labute approximate surface area is 144 Å². The number of Topliss-reactive ketones (excluding diaryl/α,β-unsaturated/α-hetero) is 1. The summed E-state index contributed by atoms with van der Waals surface area (Å²) in [6.07, 6.45) is 5.68. The molecule has 2 aliphatic rings. The predicted molar refractivity (Wildman–Crippen MR) is 90.9 cm³/mol. The number of allylic oxidation sites excluding steroid dienone is 2. The van der Waals surface area contributed by atoms with Gasteiger partial charge in [0, 0.05) is 18.0 Å². The highest BCUT2D eigenvalue weighted by molar-refractivity contribution is 5.88. The standard InChI is InChI=1S/C19H16N4O2/c24-15-10-13(16-7-4-8-25-16)9-14-17(15)18(12-5-2-1-3-6-12)23-19(22-14)20-11-21-23/h1-9,11,13,17-18H,10H2,(H,20,21,22)/t13-,17-,18-/m0/s1. The lowest BCUT2D eigenvalue weighted by molar-refractivity contribution is -0.123. The number of hydrogen-bond acceptors (Lipinski definition) is 5. The second-order valence-electron chi connectivity index (χ2n) is 6.40. The molecule has 6 nitrogen and oxygen atoms in total. The van der Waals surface area contributed by atoms with Crippen LogP contribution < -0.4 is 5.32 Å². The molecule has 0 saturated carbocycles. The minimum Gasteiger partial charge on any atom is -0.469 e. The summed E-state index contributed by atoms with van der Waals surface area (Å²) >= 11 is 0. The molecule has 1 N–H and O–H groups in total. The van der Waals surface area contributed by atoms with E-state index in [2.05, 4.69) is 21.5 Å². The number of carbonyl (C=O) groups excluding carboxylic acids is 1. The lowest BCUT2D eigenvalue weighted by atomic mass is 9.77. The second-order valence-corrected chi connectivity index (χ2v) is 6.40. The quantitative estimate of drug-likeness (QED) is 0.780. The molecule has 3 atom stereocenters. The van der Waals surface area contributed by atoms with Crippen LogP contribution in [0, 0.1) is 5.92 Å². The lowest BCUT2D eigenvalue weighted by Gasteiger charge is -2.37. The molecule has 1 aliphatic heterocycles. The molecule has 3 aromatic rings. The normalized spacial score (nSPS) is 24.9. The van der Waals surface area contributed by atoms with E-state index in [0.717, 1.165) is 17.0 Å². The van der Waals surface area contributed by atoms with Crippen molar-refractivity contribution in [1.29, 1.82) is 0 Å². The maximum atomic E-state index is 13.1. The van der Waals surface area contributed by atoms with Gasteiger partial charge in [-0.05, 0) is 17.7 Å². The molecule has 0 unspecified atom stereocenters. The molecule has 25 heavy (non-hydrogen) atoms. The molecule has 0 saturated heterocycles. The summed E-state index contributed by atoms with van der Waals surface area (Å²) in [6.45, 7) is 0. The van der Waals surface area contributed by atoms with Gasteiger partial charge in [-0.15, -0.1) is 0 Å². The van der Waals surface area contributed by atoms with E-state index in [1.807, 2.05) is 47.1 Å². The van der Waals surface area contributed by atoms with E-state index in [0.29, 0.717) is 12.4 Å². The zero-order valence-corrected chi connectivity index (χ0v) is 13.4. The van der Waals surface area contributed by atoms with E-state index in [9.17, 15) is 4.79 Å². The predicted octanol–water partition coefficient (Wildman–Crippen LogP) is 3.14. The highest BCUT2D eigenvalue weighted by Gasteiger charge is 2.43. The average molecular weight is 332 g/mol. The Hall–Kier alpha value is -3.15. The molecule has 2 aromatic heterocycles. The van der Waals surface area contributed by atoms with Crippen molar-refractivity contribution in [1.82, 2.24) is 14.8 Å². The summed E-state index contributed by atoms with van der Waals surface area (Å²) in [7, 11) is 0. The number of nitrogens with zero attached hydrogens (tertiary/aromatic N) is 3. The van der Waals surface area contributed by atoms with Crippen LogP contribution in [0.1, 0.15) is 29.7 Å². The Morgan fingerprint density at radius 3 is 2.84 bits per heavy atom. The fourth-order valence-electron chi connectivity index (χ4n) is 3.84. The van der Waals surface area contributed by atoms with Gasteiger partial charge < -0.3 is 9.73 Å². The third-order valence-electron chi connectivity index (χ3n) is 4.94. The number of benzene rings is 1. The number of carbonyl (C=O) groups is 1. The van der Waals surface area contributed by atoms with Crippen LogP contribution in [0.25, 0.3) is 0 Å². The number of ketones is 1. The zero-order valence-electron chi connectivity index (χ0n) is 13.4. The maximum absolute atomic E-state index is 13.1. The summed E-state index contributed by atoms with van der Waals surface area (Å²) in [4.78, 5) is 17.4. The lowest BCUT2D eigenvalue weighted by Crippen LogP contribution is -2.40. The van der Waals surface area contributed by atoms with Gasteiger partial charge >= 0.3 is 0 Å². The van der Waals surface area contributed by atoms with Crippen LogP contribution in [0.2, 0.25) is 0 Å². The fraction of sp³-hybridized carbons (Fsp3) is 0.211. The van der Waals surface area contributed by atoms with Crippen molar-refractivity contribution >= 4 is 11.7 Å². The second kappa shape index (κ2) is 5.44. The number of hydrogen-bond donors (Lipinski definition) is 1. The van der Waals surface area contributed by atoms with Crippen molar-refractivity contribution in [2.45, 2.75) is 18.4 Å². The Morgan fingerprint density at radius 1 is 1.16 bits per heavy atom. The summed E-state index contributed by atoms with van der Waals surface area (Å²) in [6, 6.07) is 13.6. The van der Waals surface area contributed by atoms with Gasteiger partial charge in [-0.2, -0.15) is 10.1 Å². The molecule has 0 spiro atoms. The first-order valence-corrected chi connectivity index (χ1v) is 8.30. The smallest absolute Gasteiger partial charge is 0.226 e. The highest BCUT2D eigenvalue weighted by atomic mass is 16.3. The van der Waals surface area contributed by atoms with Gasteiger partial charge in [0.2, 0.25) is 5.95 Å². The minimum absolute atomic E-state index is 0.0489. The number of furan rings is 1. The first-order chi connectivity index (χ1) is 12.3. The summed E-state index contributed by atoms with van der Waals surface area (Å²) < 4.78 is 7.32. The van der Waals surface area contributed by atoms with E-state index < -0.39 is 0 Å². The van der Waals surface area contributed by atoms with Crippen molar-refractivity contribution in [3.63, 3.8) is 0 Å². The Morgan fingerprint density at radius 2 is 2.04 bits per heavy atom. The first-order valence-electron chi connectivity index (χ1n) is 8.30. The molecule has 1 aliphatic carbocycles. The van der Waals surface area contributed by atoms with Gasteiger partial charge in [-0.1, -0.05) is 36.4 Å². The van der Waals surface area contributed by atoms with E-state index in [4.69, 9.17) is 4.42 Å². The fourth-order valence-corrected chi connectivity index (χ4v) is 3.84. The monoisotopic (exact) mass is 332 g/mol. The van der Waals surface area contributed by atoms with Crippen LogP contribution in [0.15, 0.2) is 71.2 Å². The zero-order chi connectivity index (χ0) is 16.8. The van der Waals surface area contributed by atoms with E-state index in [1.165, 1.54) is 6.33 Å². The third-order valence-corrected chi connectivity index (χ3v) is 4.94. The third kappa shape index (κ3) is 2.21. The van der Waals surface area contributed by atoms with Crippen molar-refractivity contribution < 1.29 is 9.21 Å². The SMILES string of the molecule is O=C1C[C@@H](c2ccco2)C=C2Nc3ncnn3[C@@H](c3ccccc3)[C@H]12. The molecule has 0 amide bonds. The van der Waals surface area contributed by atoms with Crippen molar-refractivity contribution in [2.24, 2.45) is 5.92 Å². The Balaban J connectivity index is 1.64. The van der Waals surface area contributed by atoms with Crippen molar-refractivity contribution in [2.75, 3.05) is 5.32 Å². The summed E-state index contributed by atoms with van der Waals surface area (Å²) in [5, 5.41) is 7.64. The van der Waals surface area contributed by atoms with Crippen LogP contribution in [-0.4, -0.2) is 20.5 Å². The van der Waals surface area contributed by atoms with Gasteiger partial charge in [-0.25, -0.2) is 4.68 Å². The maximum Gasteiger partial charge on any atom is 0.226 e. The number of rotatable bonds is 2. The molecule has 0 bridgehead atoms. The molecule has 3 heterocycles. The van der Waals surface area contributed by atoms with Crippen LogP contribution in [0.3, 0.4) is 0 Å². The Bertz CT molecular complexity index is 943. The van der Waals surface area contributed by atoms with E-state index in [-0.39, 0.29) is 23.7 Å². The van der Waals surface area contributed by atoms with E-state index in [1.54, 1.807) is 6.26 Å². The van der Waals surface area contributed by atoms with Crippen LogP contribution in [0.4, 0.5) is 5.95 Å². The average Bonchev–Trinajstić information content (AvgIpc) is 3.32. The molecule has 1 aromatic carbocycles. The van der Waals surface area contributed by atoms with Crippen LogP contribution >= 0.6 is 0 Å². The van der Waals surface area contributed by atoms with E-state index >= 15 is 0 Å². The number of anilines is 1. The van der Waals surface area contributed by atoms with Crippen molar-refractivity contribution in [3.05, 3.63) is 78.2 Å². The number of nitrogens with one attached hydrogen (secondary N) is 1. The van der Waals surface area contributed by atoms with Gasteiger partial charge in [0.25, 0.3) is 0 Å². The van der Waals surface area contributed by atoms with Gasteiger partial charge in [0.1, 0.15) is 17.9 Å². The summed E-state index contributed by atoms with van der Waals surface area (Å²) in [5.41, 5.74) is 1.93. The molecule has 0 fully saturated rings. The van der Waals surface area contributed by atoms with Crippen LogP contribution in [0.5, 0.6) is 0 Å². The number of fused-ring (bicyclic) bond motifs is 2. The molecule has 0 radical (unpaired) electrons. The van der Waals surface area contributed by atoms with Crippen LogP contribution in [-0.2, 0) is 4.79 Å².